The summed E-state index contributed by atoms with van der Waals surface area (Å²) in [5, 5.41) is 4.92. The van der Waals surface area contributed by atoms with Gasteiger partial charge in [-0.25, -0.2) is 4.98 Å². The molecular formula is C26H19ClN4O2. The first-order chi connectivity index (χ1) is 16.1. The van der Waals surface area contributed by atoms with Crippen molar-refractivity contribution in [2.24, 2.45) is 0 Å². The van der Waals surface area contributed by atoms with Gasteiger partial charge in [-0.15, -0.1) is 0 Å². The number of aromatic nitrogens is 4. The second kappa shape index (κ2) is 8.76. The average Bonchev–Trinajstić information content (AvgIpc) is 3.36. The van der Waals surface area contributed by atoms with E-state index in [1.165, 1.54) is 4.68 Å². The minimum Gasteiger partial charge on any atom is -0.449 e. The van der Waals surface area contributed by atoms with Gasteiger partial charge in [0.1, 0.15) is 11.4 Å². The van der Waals surface area contributed by atoms with Gasteiger partial charge in [0.05, 0.1) is 18.2 Å². The molecule has 0 radical (unpaired) electrons. The first-order valence-electron chi connectivity index (χ1n) is 10.3. The lowest BCUT2D eigenvalue weighted by atomic mass is 10.0. The normalized spacial score (nSPS) is 10.8. The van der Waals surface area contributed by atoms with Gasteiger partial charge in [-0.1, -0.05) is 48.0 Å². The van der Waals surface area contributed by atoms with Crippen LogP contribution in [0.15, 0.2) is 103 Å². The van der Waals surface area contributed by atoms with E-state index in [2.05, 4.69) is 22.2 Å². The van der Waals surface area contributed by atoms with E-state index in [-0.39, 0.29) is 5.75 Å². The van der Waals surface area contributed by atoms with E-state index in [1.807, 2.05) is 43.3 Å². The zero-order valence-electron chi connectivity index (χ0n) is 17.7. The van der Waals surface area contributed by atoms with Crippen LogP contribution in [0.2, 0.25) is 5.02 Å². The van der Waals surface area contributed by atoms with Gasteiger partial charge in [0, 0.05) is 17.4 Å². The molecule has 0 aliphatic carbocycles. The second-order valence-corrected chi connectivity index (χ2v) is 7.90. The molecule has 5 rings (SSSR count). The molecule has 3 aromatic carbocycles. The maximum atomic E-state index is 13.5. The lowest BCUT2D eigenvalue weighted by molar-refractivity contribution is 0.464. The molecule has 0 saturated carbocycles. The van der Waals surface area contributed by atoms with Crippen LogP contribution in [0.25, 0.3) is 22.5 Å². The van der Waals surface area contributed by atoms with Crippen molar-refractivity contribution in [1.29, 1.82) is 0 Å². The molecule has 6 nitrogen and oxygen atoms in total. The monoisotopic (exact) mass is 454 g/mol. The molecule has 162 valence electrons. The Bertz CT molecular complexity index is 1460. The Morgan fingerprint density at radius 1 is 0.970 bits per heavy atom. The number of aryl methyl sites for hydroxylation is 1. The number of nitrogens with zero attached hydrogens (tertiary/aromatic N) is 4. The molecule has 0 unspecified atom stereocenters. The smallest absolute Gasteiger partial charge is 0.316 e. The Balaban J connectivity index is 1.59. The predicted octanol–water partition coefficient (Wildman–Crippen LogP) is 5.84. The van der Waals surface area contributed by atoms with Crippen LogP contribution in [0.3, 0.4) is 0 Å². The molecule has 0 saturated heterocycles. The summed E-state index contributed by atoms with van der Waals surface area (Å²) in [5.74, 6) is 0.698. The highest BCUT2D eigenvalue weighted by molar-refractivity contribution is 6.30. The Hall–Kier alpha value is -4.16. The molecule has 0 aliphatic rings. The fraction of sp³-hybridized carbons (Fsp3) is 0.0385. The third-order valence-corrected chi connectivity index (χ3v) is 5.52. The van der Waals surface area contributed by atoms with Gasteiger partial charge in [0.25, 0.3) is 0 Å². The van der Waals surface area contributed by atoms with Crippen LogP contribution in [0, 0.1) is 6.92 Å². The molecule has 0 N–H and O–H groups in total. The van der Waals surface area contributed by atoms with E-state index in [9.17, 15) is 4.79 Å². The molecule has 0 spiro atoms. The molecule has 0 amide bonds. The van der Waals surface area contributed by atoms with E-state index in [4.69, 9.17) is 16.3 Å². The molecule has 5 aromatic rings. The molecule has 2 heterocycles. The number of imidazole rings is 1. The topological polar surface area (TPSA) is 61.9 Å². The van der Waals surface area contributed by atoms with Crippen molar-refractivity contribution in [3.63, 3.8) is 0 Å². The van der Waals surface area contributed by atoms with Crippen LogP contribution in [0.4, 0.5) is 0 Å². The van der Waals surface area contributed by atoms with Crippen molar-refractivity contribution in [3.05, 3.63) is 119 Å². The van der Waals surface area contributed by atoms with Gasteiger partial charge in [-0.3, -0.25) is 4.79 Å². The SMILES string of the molecule is Cc1cc(Oc2c(-n3ccnc3)cnn(-c3ccc(Cl)cc3)c2=O)ccc1-c1ccccc1. The fourth-order valence-corrected chi connectivity index (χ4v) is 3.76. The Kier molecular flexibility index (Phi) is 5.50. The lowest BCUT2D eigenvalue weighted by Crippen LogP contribution is -2.23. The largest absolute Gasteiger partial charge is 0.449 e. The van der Waals surface area contributed by atoms with Gasteiger partial charge in [0.15, 0.2) is 0 Å². The first-order valence-corrected chi connectivity index (χ1v) is 10.7. The predicted molar refractivity (Wildman–Crippen MR) is 129 cm³/mol. The van der Waals surface area contributed by atoms with Gasteiger partial charge in [-0.05, 0) is 60.0 Å². The Labute approximate surface area is 195 Å². The summed E-state index contributed by atoms with van der Waals surface area (Å²) in [6.07, 6.45) is 6.55. The average molecular weight is 455 g/mol. The first kappa shape index (κ1) is 20.7. The number of ether oxygens (including phenoxy) is 1. The summed E-state index contributed by atoms with van der Waals surface area (Å²) in [5.41, 5.74) is 3.94. The van der Waals surface area contributed by atoms with Crippen LogP contribution >= 0.6 is 11.6 Å². The molecule has 0 aliphatic heterocycles. The maximum absolute atomic E-state index is 13.5. The van der Waals surface area contributed by atoms with Crippen LogP contribution in [-0.4, -0.2) is 19.3 Å². The molecule has 0 fully saturated rings. The molecule has 0 atom stereocenters. The zero-order chi connectivity index (χ0) is 22.8. The maximum Gasteiger partial charge on any atom is 0.316 e. The summed E-state index contributed by atoms with van der Waals surface area (Å²) in [6, 6.07) is 22.8. The zero-order valence-corrected chi connectivity index (χ0v) is 18.5. The van der Waals surface area contributed by atoms with Crippen molar-refractivity contribution >= 4 is 11.6 Å². The highest BCUT2D eigenvalue weighted by atomic mass is 35.5. The number of rotatable bonds is 5. The standard InChI is InChI=1S/C26H19ClN4O2/c1-18-15-22(11-12-23(18)19-5-3-2-4-6-19)33-25-24(30-14-13-28-17-30)16-29-31(26(25)32)21-9-7-20(27)8-10-21/h2-17H,1H3. The number of benzene rings is 3. The minimum atomic E-state index is -0.395. The van der Waals surface area contributed by atoms with E-state index in [0.29, 0.717) is 22.1 Å². The second-order valence-electron chi connectivity index (χ2n) is 7.47. The van der Waals surface area contributed by atoms with Crippen LogP contribution in [0.1, 0.15) is 5.56 Å². The van der Waals surface area contributed by atoms with Crippen molar-refractivity contribution < 1.29 is 4.74 Å². The van der Waals surface area contributed by atoms with E-state index in [1.54, 1.807) is 53.8 Å². The number of hydrogen-bond donors (Lipinski definition) is 0. The van der Waals surface area contributed by atoms with Gasteiger partial charge < -0.3 is 9.30 Å². The van der Waals surface area contributed by atoms with Crippen molar-refractivity contribution in [2.75, 3.05) is 0 Å². The van der Waals surface area contributed by atoms with Gasteiger partial charge in [0.2, 0.25) is 5.75 Å². The fourth-order valence-electron chi connectivity index (χ4n) is 3.64. The van der Waals surface area contributed by atoms with Gasteiger partial charge in [-0.2, -0.15) is 9.78 Å². The molecular weight excluding hydrogens is 436 g/mol. The lowest BCUT2D eigenvalue weighted by Gasteiger charge is -2.14. The van der Waals surface area contributed by atoms with Crippen LogP contribution in [0.5, 0.6) is 11.5 Å². The number of hydrogen-bond acceptors (Lipinski definition) is 4. The quantitative estimate of drug-likeness (QED) is 0.334. The summed E-state index contributed by atoms with van der Waals surface area (Å²) < 4.78 is 9.16. The van der Waals surface area contributed by atoms with Crippen molar-refractivity contribution in [1.82, 2.24) is 19.3 Å². The van der Waals surface area contributed by atoms with Crippen molar-refractivity contribution in [3.8, 4) is 34.0 Å². The summed E-state index contributed by atoms with van der Waals surface area (Å²) in [7, 11) is 0. The molecule has 2 aromatic heterocycles. The molecule has 0 bridgehead atoms. The molecule has 7 heteroatoms. The minimum absolute atomic E-state index is 0.143. The summed E-state index contributed by atoms with van der Waals surface area (Å²) in [6.45, 7) is 2.02. The van der Waals surface area contributed by atoms with E-state index >= 15 is 0 Å². The highest BCUT2D eigenvalue weighted by Crippen LogP contribution is 2.30. The highest BCUT2D eigenvalue weighted by Gasteiger charge is 2.17. The van der Waals surface area contributed by atoms with E-state index < -0.39 is 5.56 Å². The molecule has 33 heavy (non-hydrogen) atoms. The third-order valence-electron chi connectivity index (χ3n) is 5.27. The summed E-state index contributed by atoms with van der Waals surface area (Å²) >= 11 is 6.00. The third kappa shape index (κ3) is 4.16. The Morgan fingerprint density at radius 3 is 2.45 bits per heavy atom. The van der Waals surface area contributed by atoms with Crippen molar-refractivity contribution in [2.45, 2.75) is 6.92 Å². The Morgan fingerprint density at radius 2 is 1.76 bits per heavy atom. The van der Waals surface area contributed by atoms with Crippen LogP contribution in [-0.2, 0) is 0 Å². The van der Waals surface area contributed by atoms with Crippen LogP contribution < -0.4 is 10.3 Å². The summed E-state index contributed by atoms with van der Waals surface area (Å²) in [4.78, 5) is 17.5. The van der Waals surface area contributed by atoms with Gasteiger partial charge >= 0.3 is 5.56 Å². The number of halogens is 1. The van der Waals surface area contributed by atoms with E-state index in [0.717, 1.165) is 16.7 Å².